The van der Waals surface area contributed by atoms with Gasteiger partial charge in [-0.05, 0) is 49.1 Å². The van der Waals surface area contributed by atoms with Crippen LogP contribution in [0.1, 0.15) is 53.8 Å². The number of rotatable bonds is 4. The van der Waals surface area contributed by atoms with Crippen molar-refractivity contribution in [3.05, 3.63) is 59.8 Å². The molecule has 2 N–H and O–H groups in total. The van der Waals surface area contributed by atoms with Gasteiger partial charge in [0.25, 0.3) is 5.91 Å². The van der Waals surface area contributed by atoms with E-state index in [4.69, 9.17) is 9.47 Å². The quantitative estimate of drug-likeness (QED) is 0.479. The first-order chi connectivity index (χ1) is 17.9. The molecule has 0 unspecified atom stereocenters. The Balaban J connectivity index is 1.27. The molecule has 3 aromatic rings. The number of hydrogen-bond acceptors (Lipinski definition) is 6. The van der Waals surface area contributed by atoms with Crippen molar-refractivity contribution in [3.8, 4) is 11.5 Å². The molecule has 1 amide bonds. The first kappa shape index (κ1) is 23.5. The minimum absolute atomic E-state index is 0.0776. The van der Waals surface area contributed by atoms with Gasteiger partial charge in [-0.25, -0.2) is 4.68 Å². The largest absolute Gasteiger partial charge is 0.454 e. The molecule has 0 spiro atoms. The number of amides is 1. The molecule has 4 heterocycles. The Morgan fingerprint density at radius 3 is 2.62 bits per heavy atom. The van der Waals surface area contributed by atoms with E-state index >= 15 is 0 Å². The molecule has 6 rings (SSSR count). The molecule has 3 aliphatic rings. The SMILES string of the molecule is O=C(Nc1ccccc1N1CCCCC1)c1cc2n(n1)[C@H](C(F)(F)F)C[C@H](c1ccc3c(c1)OCO3)N2. The average molecular weight is 514 g/mol. The lowest BCUT2D eigenvalue weighted by Gasteiger charge is -2.33. The summed E-state index contributed by atoms with van der Waals surface area (Å²) in [5.41, 5.74) is 2.05. The molecule has 0 bridgehead atoms. The summed E-state index contributed by atoms with van der Waals surface area (Å²) in [6, 6.07) is 11.4. The summed E-state index contributed by atoms with van der Waals surface area (Å²) in [4.78, 5) is 15.4. The maximum Gasteiger partial charge on any atom is 0.410 e. The maximum absolute atomic E-state index is 14.1. The molecule has 3 aliphatic heterocycles. The van der Waals surface area contributed by atoms with E-state index < -0.39 is 24.2 Å². The van der Waals surface area contributed by atoms with Crippen LogP contribution in [0, 0.1) is 0 Å². The molecular weight excluding hydrogens is 487 g/mol. The van der Waals surface area contributed by atoms with E-state index in [-0.39, 0.29) is 24.7 Å². The molecule has 1 fully saturated rings. The van der Waals surface area contributed by atoms with Gasteiger partial charge in [-0.1, -0.05) is 18.2 Å². The van der Waals surface area contributed by atoms with Gasteiger partial charge in [-0.2, -0.15) is 18.3 Å². The lowest BCUT2D eigenvalue weighted by molar-refractivity contribution is -0.173. The second-order valence-corrected chi connectivity index (χ2v) is 9.48. The number of alkyl halides is 3. The minimum atomic E-state index is -4.55. The van der Waals surface area contributed by atoms with E-state index in [9.17, 15) is 18.0 Å². The summed E-state index contributed by atoms with van der Waals surface area (Å²) < 4.78 is 53.9. The lowest BCUT2D eigenvalue weighted by Crippen LogP contribution is -2.35. The Kier molecular flexibility index (Phi) is 5.85. The van der Waals surface area contributed by atoms with Crippen molar-refractivity contribution >= 4 is 23.1 Å². The van der Waals surface area contributed by atoms with E-state index in [0.717, 1.165) is 36.3 Å². The summed E-state index contributed by atoms with van der Waals surface area (Å²) in [5.74, 6) is 0.620. The second-order valence-electron chi connectivity index (χ2n) is 9.48. The molecule has 0 radical (unpaired) electrons. The predicted octanol–water partition coefficient (Wildman–Crippen LogP) is 5.51. The summed E-state index contributed by atoms with van der Waals surface area (Å²) in [6.07, 6.45) is -1.51. The standard InChI is InChI=1S/C26H26F3N5O3/c27-26(28,29)23-13-18(16-8-9-21-22(12-16)37-15-36-21)30-24-14-19(32-34(23)24)25(35)31-17-6-2-3-7-20(17)33-10-4-1-5-11-33/h2-3,6-9,12,14,18,23,30H,1,4-5,10-11,13,15H2,(H,31,35)/t18-,23+/m1/s1. The fourth-order valence-electron chi connectivity index (χ4n) is 5.21. The van der Waals surface area contributed by atoms with Gasteiger partial charge in [0, 0.05) is 25.6 Å². The van der Waals surface area contributed by atoms with E-state index in [1.807, 2.05) is 18.2 Å². The highest BCUT2D eigenvalue weighted by Gasteiger charge is 2.47. The number of hydrogen-bond donors (Lipinski definition) is 2. The molecule has 1 saturated heterocycles. The Hall–Kier alpha value is -3.89. The van der Waals surface area contributed by atoms with Gasteiger partial charge < -0.3 is 25.0 Å². The fraction of sp³-hybridized carbons (Fsp3) is 0.385. The van der Waals surface area contributed by atoms with Crippen molar-refractivity contribution in [2.45, 2.75) is 43.9 Å². The maximum atomic E-state index is 14.1. The Morgan fingerprint density at radius 1 is 1.03 bits per heavy atom. The molecular formula is C26H26F3N5O3. The normalized spacial score (nSPS) is 20.8. The highest BCUT2D eigenvalue weighted by atomic mass is 19.4. The lowest BCUT2D eigenvalue weighted by atomic mass is 9.96. The Labute approximate surface area is 211 Å². The van der Waals surface area contributed by atoms with Crippen LogP contribution in [0.2, 0.25) is 0 Å². The molecule has 11 heteroatoms. The highest BCUT2D eigenvalue weighted by molar-refractivity contribution is 6.05. The predicted molar refractivity (Wildman–Crippen MR) is 131 cm³/mol. The van der Waals surface area contributed by atoms with Crippen LogP contribution in [0.25, 0.3) is 0 Å². The first-order valence-electron chi connectivity index (χ1n) is 12.3. The van der Waals surface area contributed by atoms with E-state index in [1.165, 1.54) is 12.5 Å². The van der Waals surface area contributed by atoms with Gasteiger partial charge in [-0.15, -0.1) is 0 Å². The van der Waals surface area contributed by atoms with Gasteiger partial charge in [-0.3, -0.25) is 4.79 Å². The van der Waals surface area contributed by atoms with Crippen LogP contribution >= 0.6 is 0 Å². The molecule has 2 aromatic carbocycles. The van der Waals surface area contributed by atoms with Crippen molar-refractivity contribution in [3.63, 3.8) is 0 Å². The Morgan fingerprint density at radius 2 is 1.81 bits per heavy atom. The minimum Gasteiger partial charge on any atom is -0.454 e. The van der Waals surface area contributed by atoms with Crippen molar-refractivity contribution in [1.82, 2.24) is 9.78 Å². The van der Waals surface area contributed by atoms with Crippen LogP contribution in [0.15, 0.2) is 48.5 Å². The number of para-hydroxylation sites is 2. The third-order valence-corrected chi connectivity index (χ3v) is 7.07. The van der Waals surface area contributed by atoms with Crippen molar-refractivity contribution in [2.75, 3.05) is 35.4 Å². The molecule has 1 aromatic heterocycles. The molecule has 194 valence electrons. The number of fused-ring (bicyclic) bond motifs is 2. The second kappa shape index (κ2) is 9.20. The number of aromatic nitrogens is 2. The molecule has 37 heavy (non-hydrogen) atoms. The summed E-state index contributed by atoms with van der Waals surface area (Å²) in [6.45, 7) is 1.86. The molecule has 2 atom stereocenters. The van der Waals surface area contributed by atoms with Gasteiger partial charge in [0.2, 0.25) is 6.79 Å². The molecule has 0 aliphatic carbocycles. The van der Waals surface area contributed by atoms with Crippen LogP contribution < -0.4 is 25.0 Å². The zero-order chi connectivity index (χ0) is 25.6. The topological polar surface area (TPSA) is 80.7 Å². The number of nitrogens with zero attached hydrogens (tertiary/aromatic N) is 3. The number of ether oxygens (including phenoxy) is 2. The van der Waals surface area contributed by atoms with Gasteiger partial charge in [0.1, 0.15) is 5.82 Å². The van der Waals surface area contributed by atoms with Gasteiger partial charge >= 0.3 is 6.18 Å². The van der Waals surface area contributed by atoms with E-state index in [1.54, 1.807) is 24.3 Å². The fourth-order valence-corrected chi connectivity index (χ4v) is 5.21. The van der Waals surface area contributed by atoms with Crippen LogP contribution in [0.4, 0.5) is 30.4 Å². The summed E-state index contributed by atoms with van der Waals surface area (Å²) >= 11 is 0. The number of nitrogens with one attached hydrogen (secondary N) is 2. The third kappa shape index (κ3) is 4.54. The monoisotopic (exact) mass is 513 g/mol. The average Bonchev–Trinajstić information content (AvgIpc) is 3.55. The summed E-state index contributed by atoms with van der Waals surface area (Å²) in [7, 11) is 0. The Bertz CT molecular complexity index is 1320. The van der Waals surface area contributed by atoms with Crippen molar-refractivity contribution in [1.29, 1.82) is 0 Å². The van der Waals surface area contributed by atoms with Gasteiger partial charge in [0.05, 0.1) is 17.4 Å². The third-order valence-electron chi connectivity index (χ3n) is 7.07. The number of anilines is 3. The number of carbonyl (C=O) groups excluding carboxylic acids is 1. The van der Waals surface area contributed by atoms with Crippen LogP contribution in [0.5, 0.6) is 11.5 Å². The number of piperidine rings is 1. The number of carbonyl (C=O) groups is 1. The van der Waals surface area contributed by atoms with Crippen molar-refractivity contribution in [2.24, 2.45) is 0 Å². The highest BCUT2D eigenvalue weighted by Crippen LogP contribution is 2.45. The van der Waals surface area contributed by atoms with Crippen LogP contribution in [-0.2, 0) is 0 Å². The molecule has 0 saturated carbocycles. The summed E-state index contributed by atoms with van der Waals surface area (Å²) in [5, 5.41) is 10.1. The van der Waals surface area contributed by atoms with E-state index in [2.05, 4.69) is 20.6 Å². The molecule has 8 nitrogen and oxygen atoms in total. The zero-order valence-corrected chi connectivity index (χ0v) is 19.9. The van der Waals surface area contributed by atoms with Crippen molar-refractivity contribution < 1.29 is 27.4 Å². The first-order valence-corrected chi connectivity index (χ1v) is 12.3. The zero-order valence-electron chi connectivity index (χ0n) is 19.9. The number of halogens is 3. The van der Waals surface area contributed by atoms with Crippen LogP contribution in [-0.4, -0.2) is 41.7 Å². The number of benzene rings is 2. The van der Waals surface area contributed by atoms with Gasteiger partial charge in [0.15, 0.2) is 23.2 Å². The smallest absolute Gasteiger partial charge is 0.410 e. The van der Waals surface area contributed by atoms with Crippen LogP contribution in [0.3, 0.4) is 0 Å². The van der Waals surface area contributed by atoms with E-state index in [0.29, 0.717) is 22.7 Å².